The fourth-order valence-corrected chi connectivity index (χ4v) is 5.93. The van der Waals surface area contributed by atoms with Gasteiger partial charge in [-0.3, -0.25) is 14.4 Å². The van der Waals surface area contributed by atoms with E-state index in [-0.39, 0.29) is 5.91 Å². The van der Waals surface area contributed by atoms with E-state index in [1.807, 2.05) is 16.9 Å². The number of likely N-dealkylation sites (tertiary alicyclic amines) is 1. The number of ether oxygens (including phenoxy) is 1. The molecule has 1 aromatic carbocycles. The third kappa shape index (κ3) is 4.48. The Bertz CT molecular complexity index is 903. The normalized spacial score (nSPS) is 26.3. The lowest BCUT2D eigenvalue weighted by atomic mass is 9.77. The highest BCUT2D eigenvalue weighted by atomic mass is 16.5. The van der Waals surface area contributed by atoms with E-state index in [2.05, 4.69) is 46.1 Å². The summed E-state index contributed by atoms with van der Waals surface area (Å²) in [5.74, 6) is 1.11. The van der Waals surface area contributed by atoms with Crippen LogP contribution < -0.4 is 0 Å². The number of amides is 1. The van der Waals surface area contributed by atoms with Crippen molar-refractivity contribution in [3.63, 3.8) is 0 Å². The van der Waals surface area contributed by atoms with Gasteiger partial charge in [0.25, 0.3) is 5.91 Å². The van der Waals surface area contributed by atoms with Gasteiger partial charge in [0, 0.05) is 50.9 Å². The second kappa shape index (κ2) is 9.75. The highest BCUT2D eigenvalue weighted by molar-refractivity contribution is 5.92. The number of benzene rings is 1. The highest BCUT2D eigenvalue weighted by Gasteiger charge is 2.45. The zero-order valence-electron chi connectivity index (χ0n) is 19.3. The van der Waals surface area contributed by atoms with Crippen LogP contribution in [-0.2, 0) is 17.8 Å². The fourth-order valence-electron chi connectivity index (χ4n) is 5.93. The van der Waals surface area contributed by atoms with Crippen molar-refractivity contribution in [1.29, 1.82) is 0 Å². The van der Waals surface area contributed by atoms with Crippen molar-refractivity contribution in [3.8, 4) is 0 Å². The van der Waals surface area contributed by atoms with E-state index in [1.54, 1.807) is 0 Å². The van der Waals surface area contributed by atoms with Crippen LogP contribution in [0.3, 0.4) is 0 Å². The second-order valence-electron chi connectivity index (χ2n) is 9.67. The molecule has 172 valence electrons. The third-order valence-electron chi connectivity index (χ3n) is 7.58. The van der Waals surface area contributed by atoms with E-state index in [4.69, 9.17) is 4.74 Å². The Morgan fingerprint density at radius 3 is 2.66 bits per heavy atom. The van der Waals surface area contributed by atoms with E-state index in [0.717, 1.165) is 58.8 Å². The number of carbonyl (C=O) groups is 1. The lowest BCUT2D eigenvalue weighted by molar-refractivity contribution is 0.0342. The average Bonchev–Trinajstić information content (AvgIpc) is 3.45. The molecule has 3 heterocycles. The summed E-state index contributed by atoms with van der Waals surface area (Å²) in [6.45, 7) is 8.50. The summed E-state index contributed by atoms with van der Waals surface area (Å²) < 4.78 is 7.36. The number of hydrogen-bond acceptors (Lipinski definition) is 4. The molecule has 2 saturated heterocycles. The van der Waals surface area contributed by atoms with Gasteiger partial charge in [0.15, 0.2) is 0 Å². The predicted molar refractivity (Wildman–Crippen MR) is 125 cm³/mol. The average molecular weight is 437 g/mol. The van der Waals surface area contributed by atoms with Crippen LogP contribution in [0.5, 0.6) is 0 Å². The van der Waals surface area contributed by atoms with Crippen LogP contribution >= 0.6 is 0 Å². The monoisotopic (exact) mass is 436 g/mol. The number of rotatable bonds is 6. The molecule has 3 atom stereocenters. The predicted octanol–water partition coefficient (Wildman–Crippen LogP) is 3.92. The number of carbonyl (C=O) groups excluding carboxylic acids is 1. The molecule has 0 unspecified atom stereocenters. The number of morpholine rings is 1. The lowest BCUT2D eigenvalue weighted by Gasteiger charge is -2.32. The summed E-state index contributed by atoms with van der Waals surface area (Å²) in [6, 6.07) is 11.5. The largest absolute Gasteiger partial charge is 0.379 e. The first-order valence-corrected chi connectivity index (χ1v) is 12.5. The zero-order chi connectivity index (χ0) is 21.9. The van der Waals surface area contributed by atoms with E-state index < -0.39 is 0 Å². The Morgan fingerprint density at radius 2 is 1.88 bits per heavy atom. The second-order valence-corrected chi connectivity index (χ2v) is 9.67. The molecule has 1 amide bonds. The van der Waals surface area contributed by atoms with E-state index in [0.29, 0.717) is 23.6 Å². The molecular weight excluding hydrogens is 400 g/mol. The van der Waals surface area contributed by atoms with Crippen molar-refractivity contribution in [2.45, 2.75) is 64.1 Å². The van der Waals surface area contributed by atoms with Crippen LogP contribution in [-0.4, -0.2) is 64.4 Å². The molecule has 32 heavy (non-hydrogen) atoms. The van der Waals surface area contributed by atoms with E-state index in [9.17, 15) is 4.79 Å². The minimum absolute atomic E-state index is 0.114. The van der Waals surface area contributed by atoms with Crippen LogP contribution in [0.2, 0.25) is 0 Å². The van der Waals surface area contributed by atoms with E-state index in [1.165, 1.54) is 30.4 Å². The number of hydrogen-bond donors (Lipinski definition) is 0. The lowest BCUT2D eigenvalue weighted by Crippen LogP contribution is -2.39. The van der Waals surface area contributed by atoms with Crippen LogP contribution in [0.4, 0.5) is 0 Å². The molecule has 3 fully saturated rings. The summed E-state index contributed by atoms with van der Waals surface area (Å²) in [5.41, 5.74) is 3.35. The summed E-state index contributed by atoms with van der Waals surface area (Å²) in [6.07, 6.45) is 7.81. The number of fused-ring (bicyclic) bond motifs is 1. The van der Waals surface area contributed by atoms with Gasteiger partial charge in [0.05, 0.1) is 13.2 Å². The Kier molecular flexibility index (Phi) is 6.60. The summed E-state index contributed by atoms with van der Waals surface area (Å²) in [5, 5.41) is 4.56. The molecule has 0 radical (unpaired) electrons. The maximum Gasteiger partial charge on any atom is 0.274 e. The van der Waals surface area contributed by atoms with Crippen molar-refractivity contribution in [2.24, 2.45) is 5.92 Å². The smallest absolute Gasteiger partial charge is 0.274 e. The first-order valence-electron chi connectivity index (χ1n) is 12.5. The van der Waals surface area contributed by atoms with Gasteiger partial charge >= 0.3 is 0 Å². The van der Waals surface area contributed by atoms with Crippen molar-refractivity contribution in [2.75, 3.05) is 32.8 Å². The first-order chi connectivity index (χ1) is 15.7. The topological polar surface area (TPSA) is 50.6 Å². The molecule has 1 saturated carbocycles. The maximum absolute atomic E-state index is 13.4. The number of aromatic nitrogens is 2. The molecule has 0 bridgehead atoms. The van der Waals surface area contributed by atoms with Crippen molar-refractivity contribution < 1.29 is 9.53 Å². The molecule has 0 spiro atoms. The molecule has 6 nitrogen and oxygen atoms in total. The highest BCUT2D eigenvalue weighted by Crippen LogP contribution is 2.45. The molecule has 1 aromatic heterocycles. The van der Waals surface area contributed by atoms with Gasteiger partial charge in [0.2, 0.25) is 0 Å². The van der Waals surface area contributed by atoms with Gasteiger partial charge in [-0.05, 0) is 42.4 Å². The standard InChI is InChI=1S/C26H36N4O2/c1-2-12-29-13-11-24(27-29)26(31)30-19-23(22-5-3-4-6-25(22)30)21-9-7-20(8-10-21)18-28-14-16-32-17-15-28/h7-11,13,22-23,25H,2-6,12,14-19H2,1H3/t22-,23-,25-/m1/s1. The van der Waals surface area contributed by atoms with Crippen molar-refractivity contribution in [1.82, 2.24) is 19.6 Å². The van der Waals surface area contributed by atoms with Crippen LogP contribution in [0.15, 0.2) is 36.5 Å². The van der Waals surface area contributed by atoms with Gasteiger partial charge in [-0.15, -0.1) is 0 Å². The van der Waals surface area contributed by atoms with Crippen LogP contribution in [0.1, 0.15) is 66.6 Å². The maximum atomic E-state index is 13.4. The molecule has 3 aliphatic rings. The molecule has 2 aromatic rings. The van der Waals surface area contributed by atoms with Crippen molar-refractivity contribution in [3.05, 3.63) is 53.3 Å². The number of aryl methyl sites for hydroxylation is 1. The SMILES string of the molecule is CCCn1ccc(C(=O)N2C[C@H](c3ccc(CN4CCOCC4)cc3)[C@H]3CCCC[C@H]32)n1. The molecule has 0 N–H and O–H groups in total. The number of nitrogens with zero attached hydrogens (tertiary/aromatic N) is 4. The first kappa shape index (κ1) is 21.7. The third-order valence-corrected chi connectivity index (χ3v) is 7.58. The quantitative estimate of drug-likeness (QED) is 0.689. The zero-order valence-corrected chi connectivity index (χ0v) is 19.3. The van der Waals surface area contributed by atoms with Crippen molar-refractivity contribution >= 4 is 5.91 Å². The summed E-state index contributed by atoms with van der Waals surface area (Å²) in [7, 11) is 0. The van der Waals surface area contributed by atoms with Crippen LogP contribution in [0, 0.1) is 5.92 Å². The summed E-state index contributed by atoms with van der Waals surface area (Å²) >= 11 is 0. The van der Waals surface area contributed by atoms with Gasteiger partial charge in [-0.25, -0.2) is 0 Å². The Morgan fingerprint density at radius 1 is 1.09 bits per heavy atom. The summed E-state index contributed by atoms with van der Waals surface area (Å²) in [4.78, 5) is 18.0. The Hall–Kier alpha value is -2.18. The Balaban J connectivity index is 1.31. The minimum atomic E-state index is 0.114. The minimum Gasteiger partial charge on any atom is -0.379 e. The fraction of sp³-hybridized carbons (Fsp3) is 0.615. The van der Waals surface area contributed by atoms with Gasteiger partial charge in [0.1, 0.15) is 5.69 Å². The molecule has 1 aliphatic carbocycles. The molecule has 5 rings (SSSR count). The van der Waals surface area contributed by atoms with Crippen LogP contribution in [0.25, 0.3) is 0 Å². The van der Waals surface area contributed by atoms with Gasteiger partial charge in [-0.1, -0.05) is 44.0 Å². The molecule has 6 heteroatoms. The van der Waals surface area contributed by atoms with E-state index >= 15 is 0 Å². The van der Waals surface area contributed by atoms with Gasteiger partial charge < -0.3 is 9.64 Å². The Labute approximate surface area is 191 Å². The molecule has 2 aliphatic heterocycles. The van der Waals surface area contributed by atoms with Gasteiger partial charge in [-0.2, -0.15) is 5.10 Å². The molecular formula is C26H36N4O2.